The Morgan fingerprint density at radius 3 is 2.50 bits per heavy atom. The Bertz CT molecular complexity index is 429. The number of likely N-dealkylation sites (tertiary alicyclic amines) is 1. The summed E-state index contributed by atoms with van der Waals surface area (Å²) in [5.74, 6) is 0.244. The zero-order valence-electron chi connectivity index (χ0n) is 12.6. The minimum atomic E-state index is -0.0259. The fourth-order valence-corrected chi connectivity index (χ4v) is 3.59. The molecule has 1 aliphatic rings. The lowest BCUT2D eigenvalue weighted by Crippen LogP contribution is -2.46. The molecule has 0 aliphatic carbocycles. The molecule has 0 N–H and O–H groups in total. The van der Waals surface area contributed by atoms with Gasteiger partial charge in [0.25, 0.3) is 0 Å². The molecular weight excluding hydrogens is 268 g/mol. The van der Waals surface area contributed by atoms with Crippen molar-refractivity contribution >= 4 is 17.7 Å². The van der Waals surface area contributed by atoms with Gasteiger partial charge < -0.3 is 9.80 Å². The highest BCUT2D eigenvalue weighted by atomic mass is 32.2. The van der Waals surface area contributed by atoms with Gasteiger partial charge in [0.1, 0.15) is 0 Å². The van der Waals surface area contributed by atoms with Gasteiger partial charge in [-0.25, -0.2) is 0 Å². The molecule has 20 heavy (non-hydrogen) atoms. The second-order valence-corrected chi connectivity index (χ2v) is 6.97. The van der Waals surface area contributed by atoms with E-state index in [1.54, 1.807) is 11.8 Å². The van der Waals surface area contributed by atoms with Gasteiger partial charge in [-0.3, -0.25) is 4.79 Å². The smallest absolute Gasteiger partial charge is 0.235 e. The third-order valence-corrected chi connectivity index (χ3v) is 5.09. The van der Waals surface area contributed by atoms with Gasteiger partial charge >= 0.3 is 0 Å². The summed E-state index contributed by atoms with van der Waals surface area (Å²) in [5, 5.41) is -0.0259. The third kappa shape index (κ3) is 4.00. The number of carbonyl (C=O) groups excluding carboxylic acids is 1. The molecule has 1 unspecified atom stereocenters. The van der Waals surface area contributed by atoms with Crippen molar-refractivity contribution in [3.8, 4) is 0 Å². The van der Waals surface area contributed by atoms with Gasteiger partial charge in [-0.1, -0.05) is 18.2 Å². The first-order valence-electron chi connectivity index (χ1n) is 7.25. The van der Waals surface area contributed by atoms with Crippen molar-refractivity contribution in [2.24, 2.45) is 0 Å². The largest absolute Gasteiger partial charge is 0.342 e. The maximum atomic E-state index is 12.5. The van der Waals surface area contributed by atoms with Gasteiger partial charge in [-0.15, -0.1) is 11.8 Å². The first kappa shape index (κ1) is 15.4. The van der Waals surface area contributed by atoms with Crippen molar-refractivity contribution in [3.05, 3.63) is 30.3 Å². The molecule has 0 aromatic heterocycles. The number of amides is 1. The molecule has 1 saturated heterocycles. The van der Waals surface area contributed by atoms with E-state index in [4.69, 9.17) is 0 Å². The van der Waals surface area contributed by atoms with Gasteiger partial charge in [-0.05, 0) is 52.0 Å². The summed E-state index contributed by atoms with van der Waals surface area (Å²) in [6.07, 6.45) is 2.17. The molecule has 2 rings (SSSR count). The Labute approximate surface area is 126 Å². The van der Waals surface area contributed by atoms with Crippen LogP contribution in [0.5, 0.6) is 0 Å². The number of rotatable bonds is 4. The van der Waals surface area contributed by atoms with Crippen LogP contribution in [-0.2, 0) is 4.79 Å². The highest BCUT2D eigenvalue weighted by Gasteiger charge is 2.27. The summed E-state index contributed by atoms with van der Waals surface area (Å²) in [6.45, 7) is 4.18. The van der Waals surface area contributed by atoms with E-state index >= 15 is 0 Å². The van der Waals surface area contributed by atoms with Crippen molar-refractivity contribution < 1.29 is 4.79 Å². The minimum Gasteiger partial charge on any atom is -0.342 e. The maximum Gasteiger partial charge on any atom is 0.235 e. The number of hydrogen-bond donors (Lipinski definition) is 0. The molecule has 0 saturated carbocycles. The Morgan fingerprint density at radius 2 is 1.90 bits per heavy atom. The lowest BCUT2D eigenvalue weighted by Gasteiger charge is -2.36. The number of piperidine rings is 1. The van der Waals surface area contributed by atoms with Crippen LogP contribution in [0.2, 0.25) is 0 Å². The SMILES string of the molecule is CC(Sc1ccccc1)C(=O)N(C)C1CCN(C)CC1. The highest BCUT2D eigenvalue weighted by Crippen LogP contribution is 2.25. The fraction of sp³-hybridized carbons (Fsp3) is 0.562. The highest BCUT2D eigenvalue weighted by molar-refractivity contribution is 8.00. The summed E-state index contributed by atoms with van der Waals surface area (Å²) >= 11 is 1.64. The van der Waals surface area contributed by atoms with Crippen LogP contribution in [0, 0.1) is 0 Å². The van der Waals surface area contributed by atoms with Crippen LogP contribution in [0.1, 0.15) is 19.8 Å². The van der Waals surface area contributed by atoms with Crippen molar-refractivity contribution in [1.82, 2.24) is 9.80 Å². The second-order valence-electron chi connectivity index (χ2n) is 5.56. The number of carbonyl (C=O) groups is 1. The molecule has 3 nitrogen and oxygen atoms in total. The molecule has 1 aromatic carbocycles. The third-order valence-electron chi connectivity index (χ3n) is 3.99. The van der Waals surface area contributed by atoms with E-state index in [9.17, 15) is 4.79 Å². The second kappa shape index (κ2) is 7.14. The minimum absolute atomic E-state index is 0.0259. The van der Waals surface area contributed by atoms with Crippen molar-refractivity contribution in [2.75, 3.05) is 27.2 Å². The number of benzene rings is 1. The normalized spacial score (nSPS) is 18.8. The fourth-order valence-electron chi connectivity index (χ4n) is 2.60. The molecule has 4 heteroatoms. The van der Waals surface area contributed by atoms with E-state index in [1.807, 2.05) is 37.1 Å². The average molecular weight is 292 g/mol. The predicted octanol–water partition coefficient (Wildman–Crippen LogP) is 2.72. The molecule has 0 radical (unpaired) electrons. The zero-order valence-corrected chi connectivity index (χ0v) is 13.4. The Kier molecular flexibility index (Phi) is 5.49. The lowest BCUT2D eigenvalue weighted by atomic mass is 10.0. The van der Waals surface area contributed by atoms with Crippen LogP contribution in [0.15, 0.2) is 35.2 Å². The molecule has 0 spiro atoms. The Morgan fingerprint density at radius 1 is 1.30 bits per heavy atom. The van der Waals surface area contributed by atoms with Crippen LogP contribution in [0.25, 0.3) is 0 Å². The molecule has 1 aliphatic heterocycles. The van der Waals surface area contributed by atoms with E-state index in [0.29, 0.717) is 6.04 Å². The summed E-state index contributed by atoms with van der Waals surface area (Å²) in [6, 6.07) is 10.5. The molecule has 1 aromatic rings. The van der Waals surface area contributed by atoms with E-state index < -0.39 is 0 Å². The van der Waals surface area contributed by atoms with Gasteiger partial charge in [0.2, 0.25) is 5.91 Å². The summed E-state index contributed by atoms with van der Waals surface area (Å²) in [4.78, 5) is 18.0. The number of thioether (sulfide) groups is 1. The maximum absolute atomic E-state index is 12.5. The molecule has 110 valence electrons. The van der Waals surface area contributed by atoms with Crippen molar-refractivity contribution in [3.63, 3.8) is 0 Å². The van der Waals surface area contributed by atoms with Crippen LogP contribution < -0.4 is 0 Å². The predicted molar refractivity (Wildman–Crippen MR) is 85.1 cm³/mol. The van der Waals surface area contributed by atoms with Gasteiger partial charge in [0, 0.05) is 18.0 Å². The topological polar surface area (TPSA) is 23.6 Å². The van der Waals surface area contributed by atoms with Gasteiger partial charge in [0.05, 0.1) is 5.25 Å². The van der Waals surface area contributed by atoms with E-state index in [0.717, 1.165) is 30.8 Å². The quantitative estimate of drug-likeness (QED) is 0.797. The molecule has 1 heterocycles. The van der Waals surface area contributed by atoms with E-state index in [2.05, 4.69) is 24.1 Å². The molecule has 0 bridgehead atoms. The lowest BCUT2D eigenvalue weighted by molar-refractivity contribution is -0.131. The first-order chi connectivity index (χ1) is 9.58. The molecule has 1 atom stereocenters. The van der Waals surface area contributed by atoms with Gasteiger partial charge in [-0.2, -0.15) is 0 Å². The van der Waals surface area contributed by atoms with Crippen LogP contribution in [0.3, 0.4) is 0 Å². The summed E-state index contributed by atoms with van der Waals surface area (Å²) < 4.78 is 0. The summed E-state index contributed by atoms with van der Waals surface area (Å²) in [7, 11) is 4.10. The monoisotopic (exact) mass is 292 g/mol. The van der Waals surface area contributed by atoms with Crippen molar-refractivity contribution in [2.45, 2.75) is 36.0 Å². The van der Waals surface area contributed by atoms with Crippen LogP contribution in [-0.4, -0.2) is 54.2 Å². The summed E-state index contributed by atoms with van der Waals surface area (Å²) in [5.41, 5.74) is 0. The molecule has 1 amide bonds. The standard InChI is InChI=1S/C16H24N2OS/c1-13(20-15-7-5-4-6-8-15)16(19)18(3)14-9-11-17(2)12-10-14/h4-8,13-14H,9-12H2,1-3H3. The van der Waals surface area contributed by atoms with E-state index in [1.165, 1.54) is 0 Å². The zero-order chi connectivity index (χ0) is 14.5. The Balaban J connectivity index is 1.89. The first-order valence-corrected chi connectivity index (χ1v) is 8.13. The number of hydrogen-bond acceptors (Lipinski definition) is 3. The average Bonchev–Trinajstić information content (AvgIpc) is 2.47. The van der Waals surface area contributed by atoms with Crippen LogP contribution >= 0.6 is 11.8 Å². The van der Waals surface area contributed by atoms with E-state index in [-0.39, 0.29) is 11.2 Å². The number of nitrogens with zero attached hydrogens (tertiary/aromatic N) is 2. The van der Waals surface area contributed by atoms with Gasteiger partial charge in [0.15, 0.2) is 0 Å². The molecule has 1 fully saturated rings. The molecular formula is C16H24N2OS. The van der Waals surface area contributed by atoms with Crippen LogP contribution in [0.4, 0.5) is 0 Å². The Hall–Kier alpha value is -1.00. The van der Waals surface area contributed by atoms with Crippen molar-refractivity contribution in [1.29, 1.82) is 0 Å².